The van der Waals surface area contributed by atoms with Crippen LogP contribution in [0.4, 0.5) is 10.1 Å². The summed E-state index contributed by atoms with van der Waals surface area (Å²) in [4.78, 5) is 11.4. The van der Waals surface area contributed by atoms with Crippen LogP contribution < -0.4 is 5.32 Å². The summed E-state index contributed by atoms with van der Waals surface area (Å²) in [5.74, 6) is -0.0834. The van der Waals surface area contributed by atoms with Gasteiger partial charge in [0.2, 0.25) is 0 Å². The van der Waals surface area contributed by atoms with Crippen LogP contribution in [0.25, 0.3) is 11.0 Å². The molecular formula is C24H28FNO3. The number of carbonyl (C=O) groups is 1. The molecule has 4 nitrogen and oxygen atoms in total. The molecule has 1 atom stereocenters. The zero-order valence-corrected chi connectivity index (χ0v) is 17.4. The Morgan fingerprint density at radius 1 is 1.14 bits per heavy atom. The molecule has 154 valence electrons. The molecule has 0 radical (unpaired) electrons. The van der Waals surface area contributed by atoms with Crippen LogP contribution in [0.1, 0.15) is 66.9 Å². The molecule has 2 aromatic carbocycles. The second kappa shape index (κ2) is 8.68. The first-order valence-electron chi connectivity index (χ1n) is 10.2. The van der Waals surface area contributed by atoms with Gasteiger partial charge in [0.1, 0.15) is 17.2 Å². The quantitative estimate of drug-likeness (QED) is 0.442. The summed E-state index contributed by atoms with van der Waals surface area (Å²) >= 11 is 0. The number of rotatable bonds is 8. The maximum Gasteiger partial charge on any atom is 0.335 e. The topological polar surface area (TPSA) is 62.5 Å². The van der Waals surface area contributed by atoms with E-state index >= 15 is 0 Å². The number of fused-ring (bicyclic) bond motifs is 1. The lowest BCUT2D eigenvalue weighted by molar-refractivity contribution is 0.0695. The van der Waals surface area contributed by atoms with Crippen LogP contribution in [0.3, 0.4) is 0 Å². The molecule has 0 spiro atoms. The van der Waals surface area contributed by atoms with Gasteiger partial charge in [-0.15, -0.1) is 0 Å². The van der Waals surface area contributed by atoms with Gasteiger partial charge in [0.15, 0.2) is 0 Å². The number of nitrogens with one attached hydrogen (secondary N) is 1. The molecule has 0 fully saturated rings. The van der Waals surface area contributed by atoms with Crippen molar-refractivity contribution in [1.82, 2.24) is 0 Å². The molecule has 5 heteroatoms. The van der Waals surface area contributed by atoms with Gasteiger partial charge in [0.25, 0.3) is 0 Å². The van der Waals surface area contributed by atoms with E-state index < -0.39 is 5.97 Å². The van der Waals surface area contributed by atoms with E-state index in [1.54, 1.807) is 18.2 Å². The molecular weight excluding hydrogens is 369 g/mol. The normalized spacial score (nSPS) is 12.5. The Morgan fingerprint density at radius 3 is 2.48 bits per heavy atom. The lowest BCUT2D eigenvalue weighted by Crippen LogP contribution is -2.21. The average Bonchev–Trinajstić information content (AvgIpc) is 3.03. The van der Waals surface area contributed by atoms with Crippen molar-refractivity contribution in [3.8, 4) is 0 Å². The lowest BCUT2D eigenvalue weighted by Gasteiger charge is -2.27. The minimum atomic E-state index is -0.917. The molecule has 0 aliphatic rings. The van der Waals surface area contributed by atoms with Crippen molar-refractivity contribution in [2.45, 2.75) is 53.0 Å². The van der Waals surface area contributed by atoms with Crippen LogP contribution in [-0.4, -0.2) is 11.1 Å². The SMILES string of the molecule is CCc1cc(NC(c2oc3ccc(F)cc3c2C)C(CC)CC)ccc1C(=O)O. The third-order valence-corrected chi connectivity index (χ3v) is 5.78. The number of anilines is 1. The molecule has 3 aromatic rings. The number of aromatic carboxylic acids is 1. The monoisotopic (exact) mass is 397 g/mol. The summed E-state index contributed by atoms with van der Waals surface area (Å²) in [7, 11) is 0. The van der Waals surface area contributed by atoms with Gasteiger partial charge >= 0.3 is 5.97 Å². The van der Waals surface area contributed by atoms with Crippen molar-refractivity contribution >= 4 is 22.6 Å². The first-order chi connectivity index (χ1) is 13.9. The minimum Gasteiger partial charge on any atom is -0.478 e. The fourth-order valence-corrected chi connectivity index (χ4v) is 4.03. The second-order valence-corrected chi connectivity index (χ2v) is 7.46. The zero-order chi connectivity index (χ0) is 21.1. The van der Waals surface area contributed by atoms with Crippen molar-refractivity contribution in [3.05, 3.63) is 64.7 Å². The molecule has 0 aliphatic carbocycles. The Morgan fingerprint density at radius 2 is 1.86 bits per heavy atom. The Bertz CT molecular complexity index is 1020. The van der Waals surface area contributed by atoms with Gasteiger partial charge in [0, 0.05) is 16.6 Å². The number of benzene rings is 2. The van der Waals surface area contributed by atoms with E-state index in [-0.39, 0.29) is 11.9 Å². The van der Waals surface area contributed by atoms with Gasteiger partial charge in [-0.05, 0) is 61.2 Å². The van der Waals surface area contributed by atoms with E-state index in [0.29, 0.717) is 23.5 Å². The number of carboxylic acids is 1. The Hall–Kier alpha value is -2.82. The highest BCUT2D eigenvalue weighted by Gasteiger charge is 2.27. The van der Waals surface area contributed by atoms with Gasteiger partial charge < -0.3 is 14.8 Å². The van der Waals surface area contributed by atoms with Crippen LogP contribution in [-0.2, 0) is 6.42 Å². The largest absolute Gasteiger partial charge is 0.478 e. The number of furan rings is 1. The maximum atomic E-state index is 13.7. The van der Waals surface area contributed by atoms with Crippen LogP contribution >= 0.6 is 0 Å². The predicted molar refractivity (Wildman–Crippen MR) is 114 cm³/mol. The van der Waals surface area contributed by atoms with Crippen molar-refractivity contribution in [1.29, 1.82) is 0 Å². The van der Waals surface area contributed by atoms with Gasteiger partial charge in [-0.2, -0.15) is 0 Å². The predicted octanol–water partition coefficient (Wildman–Crippen LogP) is 6.73. The molecule has 29 heavy (non-hydrogen) atoms. The Balaban J connectivity index is 2.05. The molecule has 0 bridgehead atoms. The maximum absolute atomic E-state index is 13.7. The van der Waals surface area contributed by atoms with Crippen LogP contribution in [0.15, 0.2) is 40.8 Å². The van der Waals surface area contributed by atoms with Crippen molar-refractivity contribution in [2.75, 3.05) is 5.32 Å². The van der Waals surface area contributed by atoms with E-state index in [9.17, 15) is 14.3 Å². The third-order valence-electron chi connectivity index (χ3n) is 5.78. The molecule has 1 heterocycles. The van der Waals surface area contributed by atoms with E-state index in [0.717, 1.165) is 40.8 Å². The first-order valence-corrected chi connectivity index (χ1v) is 10.2. The molecule has 1 aromatic heterocycles. The van der Waals surface area contributed by atoms with Crippen molar-refractivity contribution in [3.63, 3.8) is 0 Å². The van der Waals surface area contributed by atoms with Crippen LogP contribution in [0, 0.1) is 18.7 Å². The van der Waals surface area contributed by atoms with E-state index in [2.05, 4.69) is 19.2 Å². The van der Waals surface area contributed by atoms with E-state index in [1.807, 2.05) is 19.9 Å². The average molecular weight is 397 g/mol. The molecule has 0 aliphatic heterocycles. The fraction of sp³-hybridized carbons (Fsp3) is 0.375. The fourth-order valence-electron chi connectivity index (χ4n) is 4.03. The highest BCUT2D eigenvalue weighted by Crippen LogP contribution is 2.38. The highest BCUT2D eigenvalue weighted by molar-refractivity contribution is 5.90. The standard InChI is InChI=1S/C24H28FNO3/c1-5-15(6-2)22(23-14(4)20-13-17(25)8-11-21(20)29-23)26-18-9-10-19(24(27)28)16(7-3)12-18/h8-13,15,22,26H,5-7H2,1-4H3,(H,27,28). The Kier molecular flexibility index (Phi) is 6.26. The smallest absolute Gasteiger partial charge is 0.335 e. The molecule has 2 N–H and O–H groups in total. The lowest BCUT2D eigenvalue weighted by atomic mass is 9.90. The summed E-state index contributed by atoms with van der Waals surface area (Å²) in [5, 5.41) is 13.7. The first kappa shape index (κ1) is 20.9. The number of hydrogen-bond donors (Lipinski definition) is 2. The third kappa shape index (κ3) is 4.14. The van der Waals surface area contributed by atoms with E-state index in [1.165, 1.54) is 12.1 Å². The molecule has 3 rings (SSSR count). The molecule has 1 unspecified atom stereocenters. The van der Waals surface area contributed by atoms with Gasteiger partial charge in [0.05, 0.1) is 11.6 Å². The summed E-state index contributed by atoms with van der Waals surface area (Å²) in [6, 6.07) is 9.84. The summed E-state index contributed by atoms with van der Waals surface area (Å²) < 4.78 is 19.9. The van der Waals surface area contributed by atoms with Crippen molar-refractivity contribution < 1.29 is 18.7 Å². The summed E-state index contributed by atoms with van der Waals surface area (Å²) in [6.07, 6.45) is 2.54. The molecule has 0 saturated heterocycles. The van der Waals surface area contributed by atoms with E-state index in [4.69, 9.17) is 4.42 Å². The summed E-state index contributed by atoms with van der Waals surface area (Å²) in [6.45, 7) is 8.20. The second-order valence-electron chi connectivity index (χ2n) is 7.46. The highest BCUT2D eigenvalue weighted by atomic mass is 19.1. The van der Waals surface area contributed by atoms with Crippen molar-refractivity contribution in [2.24, 2.45) is 5.92 Å². The van der Waals surface area contributed by atoms with Crippen LogP contribution in [0.5, 0.6) is 0 Å². The van der Waals surface area contributed by atoms with Gasteiger partial charge in [-0.3, -0.25) is 0 Å². The summed E-state index contributed by atoms with van der Waals surface area (Å²) in [5.41, 5.74) is 3.57. The number of aryl methyl sites for hydroxylation is 2. The number of hydrogen-bond acceptors (Lipinski definition) is 3. The van der Waals surface area contributed by atoms with Gasteiger partial charge in [-0.1, -0.05) is 33.6 Å². The number of carboxylic acid groups (broad SMARTS) is 1. The minimum absolute atomic E-state index is 0.0964. The molecule has 0 saturated carbocycles. The number of halogens is 1. The van der Waals surface area contributed by atoms with Crippen LogP contribution in [0.2, 0.25) is 0 Å². The Labute approximate surface area is 170 Å². The van der Waals surface area contributed by atoms with Gasteiger partial charge in [-0.25, -0.2) is 9.18 Å². The molecule has 0 amide bonds. The zero-order valence-electron chi connectivity index (χ0n) is 17.4.